The van der Waals surface area contributed by atoms with Gasteiger partial charge in [-0.2, -0.15) is 0 Å². The van der Waals surface area contributed by atoms with Crippen molar-refractivity contribution < 1.29 is 0 Å². The van der Waals surface area contributed by atoms with Crippen LogP contribution < -0.4 is 11.2 Å². The third-order valence-electron chi connectivity index (χ3n) is 3.33. The highest BCUT2D eigenvalue weighted by atomic mass is 15.5. The molecule has 2 heterocycles. The maximum Gasteiger partial charge on any atom is 0.146 e. The predicted octanol–water partition coefficient (Wildman–Crippen LogP) is 1.75. The van der Waals surface area contributed by atoms with Crippen LogP contribution in [0.3, 0.4) is 0 Å². The van der Waals surface area contributed by atoms with Gasteiger partial charge in [-0.05, 0) is 25.7 Å². The van der Waals surface area contributed by atoms with Crippen LogP contribution in [0.25, 0.3) is 0 Å². The fraction of sp³-hybridized carbons (Fsp3) is 0.667. The molecule has 17 heavy (non-hydrogen) atoms. The smallest absolute Gasteiger partial charge is 0.146 e. The van der Waals surface area contributed by atoms with Gasteiger partial charge in [0.2, 0.25) is 0 Å². The average molecular weight is 233 g/mol. The molecule has 92 valence electrons. The molecule has 5 nitrogen and oxygen atoms in total. The van der Waals surface area contributed by atoms with Crippen molar-refractivity contribution in [2.75, 3.05) is 24.2 Å². The Hall–Kier alpha value is -1.36. The van der Waals surface area contributed by atoms with Crippen LogP contribution in [0.2, 0.25) is 0 Å². The van der Waals surface area contributed by atoms with Gasteiger partial charge < -0.3 is 11.2 Å². The molecule has 0 atom stereocenters. The van der Waals surface area contributed by atoms with Crippen molar-refractivity contribution in [2.24, 2.45) is 0 Å². The maximum absolute atomic E-state index is 5.82. The van der Waals surface area contributed by atoms with E-state index in [9.17, 15) is 0 Å². The molecule has 3 N–H and O–H groups in total. The van der Waals surface area contributed by atoms with Gasteiger partial charge in [0.1, 0.15) is 17.5 Å². The van der Waals surface area contributed by atoms with E-state index in [1.54, 1.807) is 0 Å². The Morgan fingerprint density at radius 1 is 1.18 bits per heavy atom. The minimum Gasteiger partial charge on any atom is -0.384 e. The summed E-state index contributed by atoms with van der Waals surface area (Å²) in [4.78, 5) is 8.84. The molecule has 1 aliphatic heterocycles. The number of nitrogens with zero attached hydrogens (tertiary/aromatic N) is 3. The number of aromatic nitrogens is 2. The second-order valence-corrected chi connectivity index (χ2v) is 4.97. The first-order chi connectivity index (χ1) is 8.31. The zero-order valence-corrected chi connectivity index (χ0v) is 10.0. The van der Waals surface area contributed by atoms with Crippen LogP contribution in [0.5, 0.6) is 0 Å². The Labute approximate surface area is 101 Å². The van der Waals surface area contributed by atoms with Crippen LogP contribution in [0, 0.1) is 0 Å². The van der Waals surface area contributed by atoms with Crippen LogP contribution in [0.15, 0.2) is 6.07 Å². The van der Waals surface area contributed by atoms with E-state index < -0.39 is 0 Å². The van der Waals surface area contributed by atoms with E-state index in [1.165, 1.54) is 32.1 Å². The molecule has 0 amide bonds. The second-order valence-electron chi connectivity index (χ2n) is 4.97. The number of hydrazine groups is 1. The summed E-state index contributed by atoms with van der Waals surface area (Å²) in [7, 11) is 0. The van der Waals surface area contributed by atoms with E-state index >= 15 is 0 Å². The molecule has 5 heteroatoms. The van der Waals surface area contributed by atoms with Gasteiger partial charge in [-0.3, -0.25) is 0 Å². The van der Waals surface area contributed by atoms with Crippen LogP contribution in [0.1, 0.15) is 43.8 Å². The van der Waals surface area contributed by atoms with E-state index in [0.29, 0.717) is 11.7 Å². The van der Waals surface area contributed by atoms with Crippen molar-refractivity contribution in [2.45, 2.75) is 38.0 Å². The SMILES string of the molecule is Nc1cc(NN2CCCCC2)nc(C2CC2)n1. The Balaban J connectivity index is 1.72. The molecule has 0 aromatic carbocycles. The van der Waals surface area contributed by atoms with Gasteiger partial charge in [0.15, 0.2) is 0 Å². The normalized spacial score (nSPS) is 21.4. The van der Waals surface area contributed by atoms with Gasteiger partial charge >= 0.3 is 0 Å². The molecule has 2 fully saturated rings. The highest BCUT2D eigenvalue weighted by molar-refractivity contribution is 5.44. The third kappa shape index (κ3) is 2.66. The van der Waals surface area contributed by atoms with Gasteiger partial charge in [-0.25, -0.2) is 15.0 Å². The molecular formula is C12H19N5. The molecular weight excluding hydrogens is 214 g/mol. The summed E-state index contributed by atoms with van der Waals surface area (Å²) in [6.45, 7) is 2.17. The van der Waals surface area contributed by atoms with Crippen molar-refractivity contribution >= 4 is 11.6 Å². The predicted molar refractivity (Wildman–Crippen MR) is 67.5 cm³/mol. The summed E-state index contributed by atoms with van der Waals surface area (Å²) >= 11 is 0. The summed E-state index contributed by atoms with van der Waals surface area (Å²) in [6.07, 6.45) is 6.24. The number of anilines is 2. The zero-order valence-electron chi connectivity index (χ0n) is 10.0. The Morgan fingerprint density at radius 2 is 1.94 bits per heavy atom. The van der Waals surface area contributed by atoms with Crippen molar-refractivity contribution in [1.29, 1.82) is 0 Å². The van der Waals surface area contributed by atoms with E-state index in [0.717, 1.165) is 24.7 Å². The Kier molecular flexibility index (Phi) is 2.84. The molecule has 1 saturated carbocycles. The molecule has 0 unspecified atom stereocenters. The molecule has 3 rings (SSSR count). The van der Waals surface area contributed by atoms with Gasteiger partial charge in [0.25, 0.3) is 0 Å². The van der Waals surface area contributed by atoms with Gasteiger partial charge in [0.05, 0.1) is 0 Å². The third-order valence-corrected chi connectivity index (χ3v) is 3.33. The minimum absolute atomic E-state index is 0.542. The molecule has 0 bridgehead atoms. The summed E-state index contributed by atoms with van der Waals surface area (Å²) in [5.41, 5.74) is 9.17. The molecule has 1 saturated heterocycles. The lowest BCUT2D eigenvalue weighted by atomic mass is 10.2. The number of hydrogen-bond donors (Lipinski definition) is 2. The minimum atomic E-state index is 0.542. The van der Waals surface area contributed by atoms with Gasteiger partial charge in [-0.1, -0.05) is 6.42 Å². The Bertz CT molecular complexity index is 396. The molecule has 1 aromatic heterocycles. The van der Waals surface area contributed by atoms with Crippen molar-refractivity contribution in [3.63, 3.8) is 0 Å². The standard InChI is InChI=1S/C12H19N5/c13-10-8-11(15-12(14-10)9-4-5-9)16-17-6-2-1-3-7-17/h8-9H,1-7H2,(H3,13,14,15,16). The first kappa shape index (κ1) is 10.8. The molecule has 1 aromatic rings. The second kappa shape index (κ2) is 4.49. The molecule has 0 radical (unpaired) electrons. The topological polar surface area (TPSA) is 67.1 Å². The highest BCUT2D eigenvalue weighted by Gasteiger charge is 2.27. The number of nitrogens with two attached hydrogens (primary N) is 1. The summed E-state index contributed by atoms with van der Waals surface area (Å²) in [6, 6.07) is 1.82. The van der Waals surface area contributed by atoms with Crippen molar-refractivity contribution in [3.05, 3.63) is 11.9 Å². The van der Waals surface area contributed by atoms with Crippen LogP contribution in [0.4, 0.5) is 11.6 Å². The number of nitrogen functional groups attached to an aromatic ring is 1. The first-order valence-electron chi connectivity index (χ1n) is 6.47. The number of piperidine rings is 1. The molecule has 0 spiro atoms. The van der Waals surface area contributed by atoms with Gasteiger partial charge in [0, 0.05) is 25.1 Å². The zero-order chi connectivity index (χ0) is 11.7. The summed E-state index contributed by atoms with van der Waals surface area (Å²) in [5, 5.41) is 2.22. The number of nitrogens with one attached hydrogen (secondary N) is 1. The Morgan fingerprint density at radius 3 is 2.65 bits per heavy atom. The van der Waals surface area contributed by atoms with Crippen LogP contribution in [-0.2, 0) is 0 Å². The van der Waals surface area contributed by atoms with E-state index in [-0.39, 0.29) is 0 Å². The fourth-order valence-electron chi connectivity index (χ4n) is 2.23. The van der Waals surface area contributed by atoms with Crippen LogP contribution in [-0.4, -0.2) is 28.1 Å². The summed E-state index contributed by atoms with van der Waals surface area (Å²) in [5.74, 6) is 2.87. The average Bonchev–Trinajstić information content (AvgIpc) is 3.13. The highest BCUT2D eigenvalue weighted by Crippen LogP contribution is 2.38. The lowest BCUT2D eigenvalue weighted by Gasteiger charge is -2.27. The number of hydrogen-bond acceptors (Lipinski definition) is 5. The monoisotopic (exact) mass is 233 g/mol. The number of rotatable bonds is 3. The van der Waals surface area contributed by atoms with Crippen molar-refractivity contribution in [1.82, 2.24) is 15.0 Å². The van der Waals surface area contributed by atoms with E-state index in [1.807, 2.05) is 6.07 Å². The van der Waals surface area contributed by atoms with E-state index in [4.69, 9.17) is 5.73 Å². The summed E-state index contributed by atoms with van der Waals surface area (Å²) < 4.78 is 0. The maximum atomic E-state index is 5.82. The lowest BCUT2D eigenvalue weighted by Crippen LogP contribution is -2.35. The first-order valence-corrected chi connectivity index (χ1v) is 6.47. The molecule has 1 aliphatic carbocycles. The van der Waals surface area contributed by atoms with Crippen LogP contribution >= 0.6 is 0 Å². The fourth-order valence-corrected chi connectivity index (χ4v) is 2.23. The quantitative estimate of drug-likeness (QED) is 0.832. The lowest BCUT2D eigenvalue weighted by molar-refractivity contribution is 0.272. The van der Waals surface area contributed by atoms with Gasteiger partial charge in [-0.15, -0.1) is 0 Å². The van der Waals surface area contributed by atoms with Crippen molar-refractivity contribution in [3.8, 4) is 0 Å². The molecule has 2 aliphatic rings. The largest absolute Gasteiger partial charge is 0.384 e. The van der Waals surface area contributed by atoms with E-state index in [2.05, 4.69) is 20.4 Å².